The summed E-state index contributed by atoms with van der Waals surface area (Å²) >= 11 is 0. The van der Waals surface area contributed by atoms with Gasteiger partial charge in [0.15, 0.2) is 0 Å². The van der Waals surface area contributed by atoms with Crippen LogP contribution in [0.3, 0.4) is 0 Å². The second kappa shape index (κ2) is 4.82. The summed E-state index contributed by atoms with van der Waals surface area (Å²) in [7, 11) is 0. The van der Waals surface area contributed by atoms with E-state index in [0.717, 1.165) is 18.7 Å². The number of hydrogen-bond donors (Lipinski definition) is 1. The van der Waals surface area contributed by atoms with Crippen molar-refractivity contribution in [3.8, 4) is 5.75 Å². The number of anilines is 1. The summed E-state index contributed by atoms with van der Waals surface area (Å²) in [6.07, 6.45) is 10.7. The summed E-state index contributed by atoms with van der Waals surface area (Å²) in [5.41, 5.74) is 2.62. The number of hydrogen-bond acceptors (Lipinski definition) is 2. The van der Waals surface area contributed by atoms with Gasteiger partial charge in [0.1, 0.15) is 11.9 Å². The molecule has 0 bridgehead atoms. The lowest BCUT2D eigenvalue weighted by atomic mass is 10.0. The molecule has 17 heavy (non-hydrogen) atoms. The standard InChI is InChI=1S/C15H19NO/c1-2-8-13(9-3-1)17-14-10-4-6-12-7-5-11-16-15(12)14/h2,4,6,8,10,13,16H,1,3,5,7,9,11H2. The average molecular weight is 229 g/mol. The number of para-hydroxylation sites is 1. The van der Waals surface area contributed by atoms with Crippen molar-refractivity contribution in [3.05, 3.63) is 35.9 Å². The zero-order valence-electron chi connectivity index (χ0n) is 10.1. The Morgan fingerprint density at radius 2 is 2.24 bits per heavy atom. The fourth-order valence-electron chi connectivity index (χ4n) is 2.62. The van der Waals surface area contributed by atoms with Crippen LogP contribution in [0.2, 0.25) is 0 Å². The van der Waals surface area contributed by atoms with Crippen molar-refractivity contribution < 1.29 is 4.74 Å². The van der Waals surface area contributed by atoms with Crippen LogP contribution in [0.1, 0.15) is 31.2 Å². The molecule has 1 atom stereocenters. The molecule has 1 aliphatic carbocycles. The lowest BCUT2D eigenvalue weighted by Crippen LogP contribution is -2.18. The lowest BCUT2D eigenvalue weighted by molar-refractivity contribution is 0.230. The third-order valence-electron chi connectivity index (χ3n) is 3.53. The van der Waals surface area contributed by atoms with Crippen molar-refractivity contribution in [3.63, 3.8) is 0 Å². The number of benzene rings is 1. The number of aryl methyl sites for hydroxylation is 1. The van der Waals surface area contributed by atoms with Gasteiger partial charge >= 0.3 is 0 Å². The van der Waals surface area contributed by atoms with Gasteiger partial charge in [-0.2, -0.15) is 0 Å². The molecule has 1 N–H and O–H groups in total. The summed E-state index contributed by atoms with van der Waals surface area (Å²) in [4.78, 5) is 0. The van der Waals surface area contributed by atoms with E-state index in [9.17, 15) is 0 Å². The summed E-state index contributed by atoms with van der Waals surface area (Å²) in [6.45, 7) is 1.06. The molecule has 0 fully saturated rings. The van der Waals surface area contributed by atoms with E-state index in [0.29, 0.717) is 0 Å². The van der Waals surface area contributed by atoms with Crippen LogP contribution < -0.4 is 10.1 Å². The molecule has 0 saturated carbocycles. The number of rotatable bonds is 2. The quantitative estimate of drug-likeness (QED) is 0.783. The van der Waals surface area contributed by atoms with Crippen LogP contribution in [0.4, 0.5) is 5.69 Å². The number of ether oxygens (including phenoxy) is 1. The van der Waals surface area contributed by atoms with E-state index < -0.39 is 0 Å². The van der Waals surface area contributed by atoms with Gasteiger partial charge in [0.25, 0.3) is 0 Å². The Balaban J connectivity index is 1.82. The number of nitrogens with one attached hydrogen (secondary N) is 1. The molecule has 1 aliphatic heterocycles. The molecule has 2 aliphatic rings. The van der Waals surface area contributed by atoms with E-state index in [1.54, 1.807) is 0 Å². The summed E-state index contributed by atoms with van der Waals surface area (Å²) < 4.78 is 6.10. The maximum Gasteiger partial charge on any atom is 0.143 e. The fraction of sp³-hybridized carbons (Fsp3) is 0.467. The zero-order valence-corrected chi connectivity index (χ0v) is 10.1. The third kappa shape index (κ3) is 2.31. The Morgan fingerprint density at radius 3 is 3.12 bits per heavy atom. The van der Waals surface area contributed by atoms with Crippen molar-refractivity contribution in [2.45, 2.75) is 38.2 Å². The van der Waals surface area contributed by atoms with E-state index >= 15 is 0 Å². The monoisotopic (exact) mass is 229 g/mol. The topological polar surface area (TPSA) is 21.3 Å². The highest BCUT2D eigenvalue weighted by Crippen LogP contribution is 2.33. The zero-order chi connectivity index (χ0) is 11.5. The van der Waals surface area contributed by atoms with Crippen LogP contribution in [0, 0.1) is 0 Å². The second-order valence-corrected chi connectivity index (χ2v) is 4.84. The maximum atomic E-state index is 6.10. The van der Waals surface area contributed by atoms with Gasteiger partial charge in [0, 0.05) is 6.54 Å². The van der Waals surface area contributed by atoms with Gasteiger partial charge in [-0.25, -0.2) is 0 Å². The van der Waals surface area contributed by atoms with E-state index in [1.165, 1.54) is 36.9 Å². The predicted molar refractivity (Wildman–Crippen MR) is 70.7 cm³/mol. The molecule has 0 amide bonds. The van der Waals surface area contributed by atoms with E-state index in [4.69, 9.17) is 4.74 Å². The molecule has 1 unspecified atom stereocenters. The molecule has 1 aromatic rings. The molecule has 0 spiro atoms. The molecule has 2 heteroatoms. The molecule has 2 nitrogen and oxygen atoms in total. The van der Waals surface area contributed by atoms with Crippen molar-refractivity contribution in [2.24, 2.45) is 0 Å². The largest absolute Gasteiger partial charge is 0.484 e. The molecule has 0 radical (unpaired) electrons. The second-order valence-electron chi connectivity index (χ2n) is 4.84. The van der Waals surface area contributed by atoms with Gasteiger partial charge in [0.05, 0.1) is 5.69 Å². The number of fused-ring (bicyclic) bond motifs is 1. The van der Waals surface area contributed by atoms with Crippen molar-refractivity contribution >= 4 is 5.69 Å². The van der Waals surface area contributed by atoms with Gasteiger partial charge in [0.2, 0.25) is 0 Å². The minimum absolute atomic E-state index is 0.263. The van der Waals surface area contributed by atoms with E-state index in [-0.39, 0.29) is 6.10 Å². The van der Waals surface area contributed by atoms with Crippen molar-refractivity contribution in [1.29, 1.82) is 0 Å². The molecule has 0 aromatic heterocycles. The van der Waals surface area contributed by atoms with Crippen LogP contribution in [0.25, 0.3) is 0 Å². The van der Waals surface area contributed by atoms with Crippen LogP contribution in [0.15, 0.2) is 30.4 Å². The summed E-state index contributed by atoms with van der Waals surface area (Å²) in [5.74, 6) is 1.03. The molecular weight excluding hydrogens is 210 g/mol. The normalized spacial score (nSPS) is 22.7. The number of allylic oxidation sites excluding steroid dienone is 1. The van der Waals surface area contributed by atoms with E-state index in [1.807, 2.05) is 0 Å². The first kappa shape index (κ1) is 10.7. The first-order valence-electron chi connectivity index (χ1n) is 6.62. The van der Waals surface area contributed by atoms with Gasteiger partial charge in [-0.15, -0.1) is 0 Å². The first-order valence-corrected chi connectivity index (χ1v) is 6.62. The summed E-state index contributed by atoms with van der Waals surface area (Å²) in [5, 5.41) is 3.47. The highest BCUT2D eigenvalue weighted by atomic mass is 16.5. The van der Waals surface area contributed by atoms with Crippen LogP contribution in [0.5, 0.6) is 5.75 Å². The van der Waals surface area contributed by atoms with Crippen LogP contribution in [-0.4, -0.2) is 12.6 Å². The first-order chi connectivity index (χ1) is 8.43. The van der Waals surface area contributed by atoms with Gasteiger partial charge < -0.3 is 10.1 Å². The Kier molecular flexibility index (Phi) is 3.04. The van der Waals surface area contributed by atoms with Gasteiger partial charge in [-0.05, 0) is 49.8 Å². The minimum Gasteiger partial charge on any atom is -0.484 e. The Morgan fingerprint density at radius 1 is 1.24 bits per heavy atom. The van der Waals surface area contributed by atoms with Crippen LogP contribution in [-0.2, 0) is 6.42 Å². The highest BCUT2D eigenvalue weighted by Gasteiger charge is 2.16. The molecule has 90 valence electrons. The van der Waals surface area contributed by atoms with Gasteiger partial charge in [-0.1, -0.05) is 18.2 Å². The SMILES string of the molecule is C1=CC(Oc2cccc3c2NCCC3)CCC1. The maximum absolute atomic E-state index is 6.10. The smallest absolute Gasteiger partial charge is 0.143 e. The Hall–Kier alpha value is -1.44. The van der Waals surface area contributed by atoms with Crippen molar-refractivity contribution in [1.82, 2.24) is 0 Å². The highest BCUT2D eigenvalue weighted by molar-refractivity contribution is 5.63. The summed E-state index contributed by atoms with van der Waals surface area (Å²) in [6, 6.07) is 6.39. The Labute approximate surface area is 103 Å². The Bertz CT molecular complexity index is 425. The molecule has 1 heterocycles. The molecule has 1 aromatic carbocycles. The molecule has 0 saturated heterocycles. The fourth-order valence-corrected chi connectivity index (χ4v) is 2.62. The van der Waals surface area contributed by atoms with E-state index in [2.05, 4.69) is 35.7 Å². The van der Waals surface area contributed by atoms with Crippen LogP contribution >= 0.6 is 0 Å². The third-order valence-corrected chi connectivity index (χ3v) is 3.53. The predicted octanol–water partition coefficient (Wildman–Crippen LogP) is 3.53. The van der Waals surface area contributed by atoms with Crippen molar-refractivity contribution in [2.75, 3.05) is 11.9 Å². The molecular formula is C15H19NO. The van der Waals surface area contributed by atoms with Gasteiger partial charge in [-0.3, -0.25) is 0 Å². The average Bonchev–Trinajstić information content (AvgIpc) is 2.40. The minimum atomic E-state index is 0.263. The molecule has 3 rings (SSSR count). The lowest BCUT2D eigenvalue weighted by Gasteiger charge is -2.24.